The average molecular weight is 501 g/mol. The predicted octanol–water partition coefficient (Wildman–Crippen LogP) is 7.10. The monoisotopic (exact) mass is 501 g/mol. The first-order chi connectivity index (χ1) is 17.1. The van der Waals surface area contributed by atoms with Crippen LogP contribution in [0.1, 0.15) is 27.8 Å². The number of rotatable bonds is 7. The van der Waals surface area contributed by atoms with Crippen LogP contribution in [-0.2, 0) is 24.7 Å². The van der Waals surface area contributed by atoms with Gasteiger partial charge in [-0.15, -0.1) is 0 Å². The zero-order valence-corrected chi connectivity index (χ0v) is 18.8. The lowest BCUT2D eigenvalue weighted by Gasteiger charge is -2.37. The van der Waals surface area contributed by atoms with Crippen LogP contribution in [0.5, 0.6) is 5.75 Å². The number of hydrogen-bond acceptors (Lipinski definition) is 2. The molecule has 0 radical (unpaired) electrons. The van der Waals surface area contributed by atoms with Crippen molar-refractivity contribution in [1.29, 1.82) is 0 Å². The Hall–Kier alpha value is -3.78. The van der Waals surface area contributed by atoms with Crippen molar-refractivity contribution in [3.05, 3.63) is 136 Å². The number of hydrogen-bond donors (Lipinski definition) is 2. The summed E-state index contributed by atoms with van der Waals surface area (Å²) in [6.07, 6.45) is -4.75. The van der Waals surface area contributed by atoms with Gasteiger partial charge in [0.05, 0.1) is 11.1 Å². The summed E-state index contributed by atoms with van der Waals surface area (Å²) in [5.41, 5.74) is -1.37. The van der Waals surface area contributed by atoms with Crippen molar-refractivity contribution in [2.24, 2.45) is 0 Å². The van der Waals surface area contributed by atoms with E-state index in [1.165, 1.54) is 18.2 Å². The standard InChI is InChI=1S/C28H21F6NO/c29-23-10-7-20(8-11-23)27(16-18-4-2-1-3-5-18,35-17-19-6-9-24(30)15-26(19)36)21-12-22(28(32,33)34)14-25(31)13-21/h1-15,35-36H,16-17H2/t27-/m1/s1. The van der Waals surface area contributed by atoms with Crippen molar-refractivity contribution in [1.82, 2.24) is 5.32 Å². The van der Waals surface area contributed by atoms with E-state index in [0.29, 0.717) is 17.2 Å². The van der Waals surface area contributed by atoms with Crippen LogP contribution in [0.2, 0.25) is 0 Å². The molecule has 0 aliphatic carbocycles. The summed E-state index contributed by atoms with van der Waals surface area (Å²) in [6.45, 7) is -0.117. The molecule has 0 aromatic heterocycles. The lowest BCUT2D eigenvalue weighted by atomic mass is 9.77. The number of phenols is 1. The van der Waals surface area contributed by atoms with Gasteiger partial charge in [0.15, 0.2) is 0 Å². The van der Waals surface area contributed by atoms with E-state index < -0.39 is 34.7 Å². The summed E-state index contributed by atoms with van der Waals surface area (Å²) in [5, 5.41) is 13.4. The predicted molar refractivity (Wildman–Crippen MR) is 124 cm³/mol. The minimum Gasteiger partial charge on any atom is -0.508 e. The van der Waals surface area contributed by atoms with Gasteiger partial charge in [-0.2, -0.15) is 13.2 Å². The Labute approximate surface area is 203 Å². The van der Waals surface area contributed by atoms with Crippen LogP contribution in [0.15, 0.2) is 91.0 Å². The summed E-state index contributed by atoms with van der Waals surface area (Å²) in [7, 11) is 0. The van der Waals surface area contributed by atoms with Crippen LogP contribution in [-0.4, -0.2) is 5.11 Å². The Morgan fingerprint density at radius 2 is 1.28 bits per heavy atom. The number of alkyl halides is 3. The molecule has 0 aliphatic rings. The molecule has 186 valence electrons. The van der Waals surface area contributed by atoms with Gasteiger partial charge in [-0.1, -0.05) is 48.5 Å². The molecule has 4 aromatic carbocycles. The normalized spacial score (nSPS) is 13.4. The largest absolute Gasteiger partial charge is 0.508 e. The van der Waals surface area contributed by atoms with Gasteiger partial charge >= 0.3 is 6.18 Å². The van der Waals surface area contributed by atoms with Crippen LogP contribution in [0.4, 0.5) is 26.3 Å². The number of nitrogens with one attached hydrogen (secondary N) is 1. The van der Waals surface area contributed by atoms with Crippen molar-refractivity contribution >= 4 is 0 Å². The molecule has 8 heteroatoms. The molecule has 0 saturated carbocycles. The highest BCUT2D eigenvalue weighted by Gasteiger charge is 2.38. The number of halogens is 6. The fraction of sp³-hybridized carbons (Fsp3) is 0.143. The van der Waals surface area contributed by atoms with Gasteiger partial charge in [0.25, 0.3) is 0 Å². The summed E-state index contributed by atoms with van der Waals surface area (Å²) < 4.78 is 82.9. The van der Waals surface area contributed by atoms with Crippen molar-refractivity contribution < 1.29 is 31.4 Å². The molecule has 36 heavy (non-hydrogen) atoms. The molecular formula is C28H21F6NO. The Morgan fingerprint density at radius 3 is 1.92 bits per heavy atom. The highest BCUT2D eigenvalue weighted by molar-refractivity contribution is 5.44. The molecule has 0 amide bonds. The van der Waals surface area contributed by atoms with E-state index in [-0.39, 0.29) is 29.8 Å². The maximum absolute atomic E-state index is 14.6. The van der Waals surface area contributed by atoms with Gasteiger partial charge in [-0.05, 0) is 59.5 Å². The second kappa shape index (κ2) is 10.1. The maximum Gasteiger partial charge on any atom is 0.416 e. The van der Waals surface area contributed by atoms with E-state index in [2.05, 4.69) is 5.32 Å². The molecule has 0 saturated heterocycles. The third-order valence-corrected chi connectivity index (χ3v) is 6.00. The van der Waals surface area contributed by atoms with E-state index >= 15 is 0 Å². The minimum absolute atomic E-state index is 0.0492. The van der Waals surface area contributed by atoms with Crippen molar-refractivity contribution in [3.8, 4) is 5.75 Å². The SMILES string of the molecule is Oc1cc(F)ccc1CN[C@](Cc1ccccc1)(c1ccc(F)cc1)c1cc(F)cc(C(F)(F)F)c1. The van der Waals surface area contributed by atoms with Gasteiger partial charge < -0.3 is 5.11 Å². The highest BCUT2D eigenvalue weighted by atomic mass is 19.4. The Balaban J connectivity index is 1.93. The Morgan fingerprint density at radius 1 is 0.639 bits per heavy atom. The molecule has 2 nitrogen and oxygen atoms in total. The quantitative estimate of drug-likeness (QED) is 0.265. The molecule has 0 aliphatic heterocycles. The molecule has 0 fully saturated rings. The maximum atomic E-state index is 14.6. The third kappa shape index (κ3) is 5.54. The first-order valence-electron chi connectivity index (χ1n) is 11.0. The smallest absolute Gasteiger partial charge is 0.416 e. The van der Waals surface area contributed by atoms with Gasteiger partial charge in [0, 0.05) is 18.2 Å². The second-order valence-corrected chi connectivity index (χ2v) is 8.43. The summed E-state index contributed by atoms with van der Waals surface area (Å²) in [5.74, 6) is -2.67. The van der Waals surface area contributed by atoms with Crippen molar-refractivity contribution in [2.45, 2.75) is 24.7 Å². The molecule has 0 bridgehead atoms. The summed E-state index contributed by atoms with van der Waals surface area (Å²) in [6, 6.07) is 19.6. The minimum atomic E-state index is -4.81. The molecule has 0 spiro atoms. The van der Waals surface area contributed by atoms with E-state index in [9.17, 15) is 31.4 Å². The van der Waals surface area contributed by atoms with Crippen LogP contribution in [0.25, 0.3) is 0 Å². The van der Waals surface area contributed by atoms with Crippen molar-refractivity contribution in [2.75, 3.05) is 0 Å². The van der Waals surface area contributed by atoms with E-state index in [4.69, 9.17) is 0 Å². The van der Waals surface area contributed by atoms with Gasteiger partial charge in [0.2, 0.25) is 0 Å². The number of phenolic OH excluding ortho intramolecular Hbond substituents is 1. The van der Waals surface area contributed by atoms with Crippen LogP contribution in [0, 0.1) is 17.5 Å². The first kappa shape index (κ1) is 25.3. The van der Waals surface area contributed by atoms with Gasteiger partial charge in [-0.25, -0.2) is 13.2 Å². The molecule has 1 atom stereocenters. The molecule has 4 rings (SSSR count). The van der Waals surface area contributed by atoms with Crippen LogP contribution < -0.4 is 5.32 Å². The average Bonchev–Trinajstić information content (AvgIpc) is 2.83. The zero-order valence-electron chi connectivity index (χ0n) is 18.8. The molecule has 2 N–H and O–H groups in total. The molecule has 4 aromatic rings. The van der Waals surface area contributed by atoms with Crippen LogP contribution in [0.3, 0.4) is 0 Å². The highest BCUT2D eigenvalue weighted by Crippen LogP contribution is 2.39. The fourth-order valence-electron chi connectivity index (χ4n) is 4.21. The summed E-state index contributed by atoms with van der Waals surface area (Å²) in [4.78, 5) is 0. The van der Waals surface area contributed by atoms with E-state index in [0.717, 1.165) is 36.4 Å². The van der Waals surface area contributed by atoms with E-state index in [1.54, 1.807) is 30.3 Å². The fourth-order valence-corrected chi connectivity index (χ4v) is 4.21. The van der Waals surface area contributed by atoms with Gasteiger partial charge in [0.1, 0.15) is 23.2 Å². The van der Waals surface area contributed by atoms with Crippen molar-refractivity contribution in [3.63, 3.8) is 0 Å². The Bertz CT molecular complexity index is 1340. The zero-order chi connectivity index (χ0) is 25.9. The molecule has 0 unspecified atom stereocenters. The third-order valence-electron chi connectivity index (χ3n) is 6.00. The number of aromatic hydroxyl groups is 1. The topological polar surface area (TPSA) is 32.3 Å². The summed E-state index contributed by atoms with van der Waals surface area (Å²) >= 11 is 0. The van der Waals surface area contributed by atoms with E-state index in [1.807, 2.05) is 0 Å². The number of benzene rings is 4. The first-order valence-corrected chi connectivity index (χ1v) is 11.0. The second-order valence-electron chi connectivity index (χ2n) is 8.43. The Kier molecular flexibility index (Phi) is 7.08. The van der Waals surface area contributed by atoms with Gasteiger partial charge in [-0.3, -0.25) is 5.32 Å². The lowest BCUT2D eigenvalue weighted by molar-refractivity contribution is -0.137. The lowest BCUT2D eigenvalue weighted by Crippen LogP contribution is -2.45. The molecule has 0 heterocycles. The van der Waals surface area contributed by atoms with Crippen LogP contribution >= 0.6 is 0 Å². The molecular weight excluding hydrogens is 480 g/mol.